The Morgan fingerprint density at radius 2 is 2.06 bits per heavy atom. The van der Waals surface area contributed by atoms with E-state index in [1.807, 2.05) is 19.1 Å². The number of hydrogen-bond acceptors (Lipinski definition) is 1. The fraction of sp³-hybridized carbons (Fsp3) is 0.538. The molecule has 0 aliphatic carbocycles. The Morgan fingerprint density at radius 1 is 1.35 bits per heavy atom. The zero-order valence-corrected chi connectivity index (χ0v) is 10.0. The van der Waals surface area contributed by atoms with Crippen LogP contribution in [0.3, 0.4) is 0 Å². The Balaban J connectivity index is 2.49. The average molecular weight is 243 g/mol. The number of benzene rings is 1. The second-order valence-corrected chi connectivity index (χ2v) is 4.56. The third kappa shape index (κ3) is 2.32. The number of aryl methyl sites for hydroxylation is 1. The van der Waals surface area contributed by atoms with Gasteiger partial charge < -0.3 is 0 Å². The van der Waals surface area contributed by atoms with E-state index in [0.29, 0.717) is 18.5 Å². The molecule has 4 heteroatoms. The molecule has 0 spiro atoms. The van der Waals surface area contributed by atoms with Crippen LogP contribution in [0, 0.1) is 0 Å². The lowest BCUT2D eigenvalue weighted by molar-refractivity contribution is -0.185. The normalized spacial score (nSPS) is 21.4. The Morgan fingerprint density at radius 3 is 2.65 bits per heavy atom. The van der Waals surface area contributed by atoms with Gasteiger partial charge in [-0.3, -0.25) is 4.90 Å². The fourth-order valence-electron chi connectivity index (χ4n) is 2.44. The van der Waals surface area contributed by atoms with Crippen LogP contribution in [-0.4, -0.2) is 24.7 Å². The molecule has 94 valence electrons. The molecule has 0 radical (unpaired) electrons. The lowest BCUT2D eigenvalue weighted by Crippen LogP contribution is -2.40. The molecule has 1 aliphatic rings. The maximum Gasteiger partial charge on any atom is 0.408 e. The van der Waals surface area contributed by atoms with E-state index >= 15 is 0 Å². The predicted octanol–water partition coefficient (Wildman–Crippen LogP) is 3.34. The van der Waals surface area contributed by atoms with Gasteiger partial charge in [0.2, 0.25) is 0 Å². The summed E-state index contributed by atoms with van der Waals surface area (Å²) in [5.74, 6) is 0. The average Bonchev–Trinajstić information content (AvgIpc) is 2.26. The molecule has 0 amide bonds. The quantitative estimate of drug-likeness (QED) is 0.731. The van der Waals surface area contributed by atoms with Gasteiger partial charge in [0.1, 0.15) is 6.04 Å². The highest BCUT2D eigenvalue weighted by molar-refractivity contribution is 5.37. The molecular formula is C13H16F3N. The second-order valence-electron chi connectivity index (χ2n) is 4.56. The molecule has 0 saturated heterocycles. The van der Waals surface area contributed by atoms with E-state index in [2.05, 4.69) is 0 Å². The van der Waals surface area contributed by atoms with Crippen molar-refractivity contribution in [3.05, 3.63) is 34.9 Å². The largest absolute Gasteiger partial charge is 0.408 e. The van der Waals surface area contributed by atoms with Crippen molar-refractivity contribution >= 4 is 0 Å². The van der Waals surface area contributed by atoms with Gasteiger partial charge in [-0.05, 0) is 36.6 Å². The van der Waals surface area contributed by atoms with Crippen LogP contribution in [0.4, 0.5) is 13.2 Å². The predicted molar refractivity (Wildman–Crippen MR) is 61.0 cm³/mol. The van der Waals surface area contributed by atoms with Gasteiger partial charge in [0.05, 0.1) is 0 Å². The smallest absolute Gasteiger partial charge is 0.291 e. The first-order chi connectivity index (χ1) is 7.93. The van der Waals surface area contributed by atoms with Gasteiger partial charge in [-0.1, -0.05) is 25.1 Å². The van der Waals surface area contributed by atoms with Gasteiger partial charge in [0.25, 0.3) is 0 Å². The highest BCUT2D eigenvalue weighted by Crippen LogP contribution is 2.41. The fourth-order valence-corrected chi connectivity index (χ4v) is 2.44. The van der Waals surface area contributed by atoms with Gasteiger partial charge in [-0.25, -0.2) is 0 Å². The van der Waals surface area contributed by atoms with Crippen molar-refractivity contribution in [1.82, 2.24) is 4.90 Å². The van der Waals surface area contributed by atoms with Crippen molar-refractivity contribution in [3.63, 3.8) is 0 Å². The van der Waals surface area contributed by atoms with Crippen LogP contribution in [0.2, 0.25) is 0 Å². The van der Waals surface area contributed by atoms with Crippen LogP contribution in [0.25, 0.3) is 0 Å². The summed E-state index contributed by atoms with van der Waals surface area (Å²) in [4.78, 5) is 1.39. The minimum absolute atomic E-state index is 0.436. The summed E-state index contributed by atoms with van der Waals surface area (Å²) in [5, 5.41) is 0. The molecule has 1 atom stereocenters. The van der Waals surface area contributed by atoms with E-state index in [1.54, 1.807) is 13.1 Å². The molecule has 1 unspecified atom stereocenters. The summed E-state index contributed by atoms with van der Waals surface area (Å²) in [7, 11) is 1.54. The van der Waals surface area contributed by atoms with Crippen molar-refractivity contribution in [2.24, 2.45) is 0 Å². The molecule has 0 bridgehead atoms. The number of likely N-dealkylation sites (N-methyl/N-ethyl adjacent to an activating group) is 1. The molecular weight excluding hydrogens is 227 g/mol. The standard InChI is InChI=1S/C13H16F3N/c1-3-9-4-5-10-6-7-17(2)12(11(10)8-9)13(14,15)16/h4-5,8,12H,3,6-7H2,1-2H3. The molecule has 1 aromatic rings. The third-order valence-corrected chi connectivity index (χ3v) is 3.40. The summed E-state index contributed by atoms with van der Waals surface area (Å²) in [6.07, 6.45) is -2.74. The van der Waals surface area contributed by atoms with E-state index in [1.165, 1.54) is 4.90 Å². The Labute approximate surface area is 99.2 Å². The van der Waals surface area contributed by atoms with E-state index in [9.17, 15) is 13.2 Å². The van der Waals surface area contributed by atoms with Crippen molar-refractivity contribution in [2.75, 3.05) is 13.6 Å². The second kappa shape index (κ2) is 4.33. The summed E-state index contributed by atoms with van der Waals surface area (Å²) < 4.78 is 39.2. The van der Waals surface area contributed by atoms with Crippen molar-refractivity contribution in [3.8, 4) is 0 Å². The molecule has 17 heavy (non-hydrogen) atoms. The summed E-state index contributed by atoms with van der Waals surface area (Å²) in [6.45, 7) is 2.42. The van der Waals surface area contributed by atoms with Crippen LogP contribution in [0.5, 0.6) is 0 Å². The van der Waals surface area contributed by atoms with Crippen molar-refractivity contribution in [2.45, 2.75) is 32.0 Å². The van der Waals surface area contributed by atoms with E-state index in [4.69, 9.17) is 0 Å². The molecule has 2 rings (SSSR count). The highest BCUT2D eigenvalue weighted by Gasteiger charge is 2.45. The first-order valence-corrected chi connectivity index (χ1v) is 5.82. The van der Waals surface area contributed by atoms with Crippen LogP contribution in [-0.2, 0) is 12.8 Å². The number of fused-ring (bicyclic) bond motifs is 1. The topological polar surface area (TPSA) is 3.24 Å². The van der Waals surface area contributed by atoms with Gasteiger partial charge >= 0.3 is 6.18 Å². The molecule has 1 aromatic carbocycles. The molecule has 1 aliphatic heterocycles. The summed E-state index contributed by atoms with van der Waals surface area (Å²) in [6, 6.07) is 4.04. The Bertz CT molecular complexity index is 412. The first-order valence-electron chi connectivity index (χ1n) is 5.82. The molecule has 1 heterocycles. The van der Waals surface area contributed by atoms with Gasteiger partial charge in [-0.2, -0.15) is 13.2 Å². The van der Waals surface area contributed by atoms with Gasteiger partial charge in [0.15, 0.2) is 0 Å². The monoisotopic (exact) mass is 243 g/mol. The highest BCUT2D eigenvalue weighted by atomic mass is 19.4. The molecule has 1 nitrogen and oxygen atoms in total. The number of rotatable bonds is 1. The zero-order valence-electron chi connectivity index (χ0n) is 10.0. The van der Waals surface area contributed by atoms with E-state index < -0.39 is 12.2 Å². The van der Waals surface area contributed by atoms with Crippen LogP contribution in [0.1, 0.15) is 29.7 Å². The minimum Gasteiger partial charge on any atom is -0.291 e. The van der Waals surface area contributed by atoms with E-state index in [-0.39, 0.29) is 0 Å². The van der Waals surface area contributed by atoms with Crippen LogP contribution < -0.4 is 0 Å². The first kappa shape index (κ1) is 12.4. The molecule has 0 saturated carbocycles. The minimum atomic E-state index is -4.20. The van der Waals surface area contributed by atoms with Crippen molar-refractivity contribution < 1.29 is 13.2 Å². The van der Waals surface area contributed by atoms with Crippen LogP contribution in [0.15, 0.2) is 18.2 Å². The van der Waals surface area contributed by atoms with Gasteiger partial charge in [0, 0.05) is 6.54 Å². The maximum atomic E-state index is 13.1. The lowest BCUT2D eigenvalue weighted by Gasteiger charge is -2.36. The number of halogens is 3. The van der Waals surface area contributed by atoms with Crippen molar-refractivity contribution in [1.29, 1.82) is 0 Å². The molecule has 0 fully saturated rings. The van der Waals surface area contributed by atoms with E-state index in [0.717, 1.165) is 17.5 Å². The third-order valence-electron chi connectivity index (χ3n) is 3.40. The maximum absolute atomic E-state index is 13.1. The summed E-state index contributed by atoms with van der Waals surface area (Å²) in [5.41, 5.74) is 2.24. The summed E-state index contributed by atoms with van der Waals surface area (Å²) >= 11 is 0. The Hall–Kier alpha value is -1.03. The van der Waals surface area contributed by atoms with Crippen LogP contribution >= 0.6 is 0 Å². The Kier molecular flexibility index (Phi) is 3.17. The molecule has 0 N–H and O–H groups in total. The van der Waals surface area contributed by atoms with Gasteiger partial charge in [-0.15, -0.1) is 0 Å². The number of nitrogens with zero attached hydrogens (tertiary/aromatic N) is 1. The number of hydrogen-bond donors (Lipinski definition) is 0. The lowest BCUT2D eigenvalue weighted by atomic mass is 9.90. The number of alkyl halides is 3. The molecule has 0 aromatic heterocycles. The SMILES string of the molecule is CCc1ccc2c(c1)C(C(F)(F)F)N(C)CC2. The zero-order chi connectivity index (χ0) is 12.6.